The van der Waals surface area contributed by atoms with Gasteiger partial charge in [-0.05, 0) is 121 Å². The van der Waals surface area contributed by atoms with Gasteiger partial charge >= 0.3 is 0 Å². The summed E-state index contributed by atoms with van der Waals surface area (Å²) in [4.78, 5) is 2.35. The molecule has 0 N–H and O–H groups in total. The number of hydrogen-bond acceptors (Lipinski definition) is 2. The van der Waals surface area contributed by atoms with Gasteiger partial charge in [0.1, 0.15) is 11.2 Å². The van der Waals surface area contributed by atoms with Gasteiger partial charge in [0.2, 0.25) is 0 Å². The zero-order chi connectivity index (χ0) is 38.4. The molecule has 0 saturated heterocycles. The van der Waals surface area contributed by atoms with Crippen LogP contribution in [0.1, 0.15) is 0 Å². The fourth-order valence-corrected chi connectivity index (χ4v) is 8.66. The number of nitrogens with zero attached hydrogens (tertiary/aromatic N) is 1. The summed E-state index contributed by atoms with van der Waals surface area (Å²) in [5, 5.41) is 7.16. The Kier molecular flexibility index (Phi) is 8.19. The first kappa shape index (κ1) is 33.6. The molecule has 0 aliphatic carbocycles. The molecular weight excluding hydrogens is 703 g/mol. The molecule has 0 spiro atoms. The molecule has 58 heavy (non-hydrogen) atoms. The average Bonchev–Trinajstić information content (AvgIpc) is 3.67. The summed E-state index contributed by atoms with van der Waals surface area (Å²) in [6, 6.07) is 80.6. The summed E-state index contributed by atoms with van der Waals surface area (Å²) in [7, 11) is 0. The minimum Gasteiger partial charge on any atom is -0.456 e. The molecule has 1 heterocycles. The smallest absolute Gasteiger partial charge is 0.135 e. The van der Waals surface area contributed by atoms with Gasteiger partial charge in [-0.1, -0.05) is 170 Å². The molecule has 0 amide bonds. The largest absolute Gasteiger partial charge is 0.456 e. The van der Waals surface area contributed by atoms with E-state index in [2.05, 4.69) is 229 Å². The van der Waals surface area contributed by atoms with E-state index in [0.29, 0.717) is 0 Å². The number of hydrogen-bond donors (Lipinski definition) is 0. The highest BCUT2D eigenvalue weighted by Crippen LogP contribution is 2.42. The van der Waals surface area contributed by atoms with E-state index < -0.39 is 0 Å². The molecule has 272 valence electrons. The maximum absolute atomic E-state index is 6.49. The standard InChI is InChI=1S/C56H37NO/c1-2-12-38(13-3-1)49-20-8-9-21-52(49)43-28-34-55-53(36-43)54-37-46(33-35-56(54)58-55)57(44-29-24-41(25-30-44)50-22-10-16-39-14-4-6-18-47(39)50)45-31-26-42(27-32-45)51-23-11-17-40-15-5-7-19-48(40)51/h1-37H. The fraction of sp³-hybridized carbons (Fsp3) is 0. The van der Waals surface area contributed by atoms with Crippen LogP contribution in [-0.2, 0) is 0 Å². The zero-order valence-corrected chi connectivity index (χ0v) is 31.7. The van der Waals surface area contributed by atoms with Gasteiger partial charge in [0.25, 0.3) is 0 Å². The van der Waals surface area contributed by atoms with E-state index in [1.54, 1.807) is 0 Å². The molecule has 2 nitrogen and oxygen atoms in total. The van der Waals surface area contributed by atoms with Crippen molar-refractivity contribution >= 4 is 60.5 Å². The van der Waals surface area contributed by atoms with E-state index in [0.717, 1.165) is 44.6 Å². The molecule has 0 saturated carbocycles. The van der Waals surface area contributed by atoms with Crippen LogP contribution in [0.15, 0.2) is 229 Å². The maximum Gasteiger partial charge on any atom is 0.135 e. The Balaban J connectivity index is 1.04. The third-order valence-electron chi connectivity index (χ3n) is 11.5. The predicted molar refractivity (Wildman–Crippen MR) is 245 cm³/mol. The lowest BCUT2D eigenvalue weighted by molar-refractivity contribution is 0.669. The van der Waals surface area contributed by atoms with Crippen LogP contribution in [0.4, 0.5) is 17.1 Å². The molecular formula is C56H37NO. The molecule has 0 bridgehead atoms. The van der Waals surface area contributed by atoms with Crippen molar-refractivity contribution in [3.8, 4) is 44.5 Å². The summed E-state index contributed by atoms with van der Waals surface area (Å²) in [6.07, 6.45) is 0. The third-order valence-corrected chi connectivity index (χ3v) is 11.5. The van der Waals surface area contributed by atoms with E-state index in [1.165, 1.54) is 60.5 Å². The lowest BCUT2D eigenvalue weighted by Gasteiger charge is -2.26. The van der Waals surface area contributed by atoms with Crippen molar-refractivity contribution in [3.63, 3.8) is 0 Å². The van der Waals surface area contributed by atoms with Gasteiger partial charge in [0.05, 0.1) is 0 Å². The highest BCUT2D eigenvalue weighted by Gasteiger charge is 2.18. The van der Waals surface area contributed by atoms with Crippen LogP contribution in [0, 0.1) is 0 Å². The Bertz CT molecular complexity index is 3130. The normalized spacial score (nSPS) is 11.4. The number of furan rings is 1. The second-order valence-corrected chi connectivity index (χ2v) is 14.9. The van der Waals surface area contributed by atoms with Gasteiger partial charge < -0.3 is 9.32 Å². The van der Waals surface area contributed by atoms with Gasteiger partial charge in [0.15, 0.2) is 0 Å². The maximum atomic E-state index is 6.49. The Labute approximate surface area is 337 Å². The molecule has 0 aliphatic heterocycles. The Hall–Kier alpha value is -7.68. The first-order valence-electron chi connectivity index (χ1n) is 19.8. The van der Waals surface area contributed by atoms with Crippen molar-refractivity contribution in [1.82, 2.24) is 0 Å². The third kappa shape index (κ3) is 5.91. The first-order valence-corrected chi connectivity index (χ1v) is 19.8. The van der Waals surface area contributed by atoms with Crippen molar-refractivity contribution < 1.29 is 4.42 Å². The van der Waals surface area contributed by atoms with E-state index in [-0.39, 0.29) is 0 Å². The van der Waals surface area contributed by atoms with Crippen molar-refractivity contribution in [2.45, 2.75) is 0 Å². The van der Waals surface area contributed by atoms with Crippen LogP contribution < -0.4 is 4.90 Å². The van der Waals surface area contributed by atoms with Gasteiger partial charge in [-0.2, -0.15) is 0 Å². The van der Waals surface area contributed by atoms with Crippen molar-refractivity contribution in [2.24, 2.45) is 0 Å². The van der Waals surface area contributed by atoms with Crippen LogP contribution in [0.2, 0.25) is 0 Å². The molecule has 2 heteroatoms. The van der Waals surface area contributed by atoms with Crippen LogP contribution in [0.5, 0.6) is 0 Å². The minimum atomic E-state index is 0.866. The summed E-state index contributed by atoms with van der Waals surface area (Å²) < 4.78 is 6.49. The van der Waals surface area contributed by atoms with E-state index in [1.807, 2.05) is 0 Å². The Morgan fingerprint density at radius 3 is 1.28 bits per heavy atom. The number of rotatable bonds is 7. The summed E-state index contributed by atoms with van der Waals surface area (Å²) >= 11 is 0. The molecule has 10 aromatic carbocycles. The lowest BCUT2D eigenvalue weighted by Crippen LogP contribution is -2.09. The van der Waals surface area contributed by atoms with E-state index in [9.17, 15) is 0 Å². The number of fused-ring (bicyclic) bond motifs is 5. The topological polar surface area (TPSA) is 16.4 Å². The van der Waals surface area contributed by atoms with E-state index in [4.69, 9.17) is 4.42 Å². The van der Waals surface area contributed by atoms with Crippen molar-refractivity contribution in [2.75, 3.05) is 4.90 Å². The zero-order valence-electron chi connectivity index (χ0n) is 31.7. The highest BCUT2D eigenvalue weighted by molar-refractivity contribution is 6.08. The van der Waals surface area contributed by atoms with Gasteiger partial charge in [-0.15, -0.1) is 0 Å². The average molecular weight is 740 g/mol. The highest BCUT2D eigenvalue weighted by atomic mass is 16.3. The molecule has 11 aromatic rings. The summed E-state index contributed by atoms with van der Waals surface area (Å²) in [6.45, 7) is 0. The second kappa shape index (κ2) is 14.1. The molecule has 0 radical (unpaired) electrons. The quantitative estimate of drug-likeness (QED) is 0.162. The Morgan fingerprint density at radius 2 is 0.672 bits per heavy atom. The van der Waals surface area contributed by atoms with Crippen LogP contribution in [0.3, 0.4) is 0 Å². The van der Waals surface area contributed by atoms with Crippen molar-refractivity contribution in [1.29, 1.82) is 0 Å². The molecule has 0 unspecified atom stereocenters. The van der Waals surface area contributed by atoms with Crippen molar-refractivity contribution in [3.05, 3.63) is 224 Å². The van der Waals surface area contributed by atoms with E-state index >= 15 is 0 Å². The lowest BCUT2D eigenvalue weighted by atomic mass is 9.94. The summed E-state index contributed by atoms with van der Waals surface area (Å²) in [5.41, 5.74) is 14.5. The van der Waals surface area contributed by atoms with Crippen LogP contribution >= 0.6 is 0 Å². The fourth-order valence-electron chi connectivity index (χ4n) is 8.66. The van der Waals surface area contributed by atoms with Crippen LogP contribution in [-0.4, -0.2) is 0 Å². The first-order chi connectivity index (χ1) is 28.7. The Morgan fingerprint density at radius 1 is 0.259 bits per heavy atom. The molecule has 0 atom stereocenters. The molecule has 11 rings (SSSR count). The minimum absolute atomic E-state index is 0.866. The number of benzene rings is 10. The van der Waals surface area contributed by atoms with Gasteiger partial charge in [-0.3, -0.25) is 0 Å². The van der Waals surface area contributed by atoms with Gasteiger partial charge in [-0.25, -0.2) is 0 Å². The molecule has 0 aliphatic rings. The monoisotopic (exact) mass is 739 g/mol. The summed E-state index contributed by atoms with van der Waals surface area (Å²) in [5.74, 6) is 0. The molecule has 0 fully saturated rings. The molecule has 1 aromatic heterocycles. The second-order valence-electron chi connectivity index (χ2n) is 14.9. The van der Waals surface area contributed by atoms with Gasteiger partial charge in [0, 0.05) is 27.8 Å². The van der Waals surface area contributed by atoms with Crippen LogP contribution in [0.25, 0.3) is 88.0 Å². The SMILES string of the molecule is c1ccc(-c2ccccc2-c2ccc3oc4ccc(N(c5ccc(-c6cccc7ccccc67)cc5)c5ccc(-c6cccc7ccccc67)cc5)cc4c3c2)cc1. The predicted octanol–water partition coefficient (Wildman–Crippen LogP) is 16.0. The number of anilines is 3.